The van der Waals surface area contributed by atoms with Gasteiger partial charge in [0.05, 0.1) is 29.1 Å². The first-order valence-electron chi connectivity index (χ1n) is 11.4. The number of nitrogens with zero attached hydrogens (tertiary/aromatic N) is 3. The number of esters is 1. The van der Waals surface area contributed by atoms with Crippen LogP contribution < -0.4 is 15.5 Å². The Bertz CT molecular complexity index is 1630. The van der Waals surface area contributed by atoms with Crippen LogP contribution in [0.15, 0.2) is 95.5 Å². The van der Waals surface area contributed by atoms with Crippen LogP contribution in [0.1, 0.15) is 11.1 Å². The number of cyclic esters (lactones) is 1. The van der Waals surface area contributed by atoms with E-state index in [1.165, 1.54) is 28.0 Å². The number of fused-ring (bicyclic) bond motifs is 3. The average molecular weight is 513 g/mol. The lowest BCUT2D eigenvalue weighted by atomic mass is 9.67. The Hall–Kier alpha value is -4.61. The van der Waals surface area contributed by atoms with Gasteiger partial charge in [-0.3, -0.25) is 9.69 Å². The molecule has 0 saturated carbocycles. The third-order valence-corrected chi connectivity index (χ3v) is 7.35. The SMILES string of the molecule is N#CC1=C(N)N(c2cccc(F)c2)C2=C(C(=O)OC2)[C@@]12C(=O)N(Cc1ccccc1Cl)c1ccccc12. The molecule has 0 aliphatic carbocycles. The molecule has 7 nitrogen and oxygen atoms in total. The number of hydrogen-bond acceptors (Lipinski definition) is 6. The molecule has 0 bridgehead atoms. The van der Waals surface area contributed by atoms with E-state index in [1.807, 2.05) is 6.07 Å². The van der Waals surface area contributed by atoms with Gasteiger partial charge in [0.15, 0.2) is 0 Å². The van der Waals surface area contributed by atoms with E-state index in [9.17, 15) is 19.2 Å². The van der Waals surface area contributed by atoms with Crippen LogP contribution >= 0.6 is 11.6 Å². The summed E-state index contributed by atoms with van der Waals surface area (Å²) in [5.41, 5.74) is 6.89. The van der Waals surface area contributed by atoms with Gasteiger partial charge in [-0.25, -0.2) is 9.18 Å². The van der Waals surface area contributed by atoms with Gasteiger partial charge in [0, 0.05) is 16.3 Å². The lowest BCUT2D eigenvalue weighted by Gasteiger charge is -2.38. The molecule has 37 heavy (non-hydrogen) atoms. The topological polar surface area (TPSA) is 99.7 Å². The highest BCUT2D eigenvalue weighted by molar-refractivity contribution is 6.31. The molecule has 0 fully saturated rings. The fourth-order valence-electron chi connectivity index (χ4n) is 5.46. The molecule has 6 rings (SSSR count). The van der Waals surface area contributed by atoms with Crippen LogP contribution in [-0.4, -0.2) is 18.5 Å². The number of para-hydroxylation sites is 1. The Morgan fingerprint density at radius 2 is 1.84 bits per heavy atom. The van der Waals surface area contributed by atoms with Crippen molar-refractivity contribution in [2.45, 2.75) is 12.0 Å². The molecule has 9 heteroatoms. The fraction of sp³-hybridized carbons (Fsp3) is 0.107. The van der Waals surface area contributed by atoms with Gasteiger partial charge in [0.2, 0.25) is 5.91 Å². The fourth-order valence-corrected chi connectivity index (χ4v) is 5.65. The molecule has 3 aromatic rings. The maximum absolute atomic E-state index is 14.5. The Morgan fingerprint density at radius 3 is 2.59 bits per heavy atom. The van der Waals surface area contributed by atoms with Crippen LogP contribution in [0, 0.1) is 17.1 Å². The first-order valence-corrected chi connectivity index (χ1v) is 11.8. The van der Waals surface area contributed by atoms with Crippen LogP contribution in [0.5, 0.6) is 0 Å². The molecule has 182 valence electrons. The monoisotopic (exact) mass is 512 g/mol. The lowest BCUT2D eigenvalue weighted by molar-refractivity contribution is -0.137. The molecule has 0 aromatic heterocycles. The van der Waals surface area contributed by atoms with Crippen molar-refractivity contribution in [1.82, 2.24) is 0 Å². The largest absolute Gasteiger partial charge is 0.456 e. The molecule has 1 amide bonds. The van der Waals surface area contributed by atoms with E-state index in [0.717, 1.165) is 0 Å². The summed E-state index contributed by atoms with van der Waals surface area (Å²) in [6, 6.07) is 21.8. The van der Waals surface area contributed by atoms with Crippen molar-refractivity contribution in [2.75, 3.05) is 16.4 Å². The van der Waals surface area contributed by atoms with Crippen LogP contribution in [0.2, 0.25) is 5.02 Å². The van der Waals surface area contributed by atoms with Gasteiger partial charge in [-0.2, -0.15) is 5.26 Å². The minimum absolute atomic E-state index is 0.00150. The van der Waals surface area contributed by atoms with E-state index >= 15 is 0 Å². The van der Waals surface area contributed by atoms with Gasteiger partial charge in [0.1, 0.15) is 29.7 Å². The van der Waals surface area contributed by atoms with E-state index in [1.54, 1.807) is 48.5 Å². The van der Waals surface area contributed by atoms with E-state index in [0.29, 0.717) is 27.5 Å². The molecule has 0 saturated heterocycles. The molecule has 3 aliphatic rings. The number of anilines is 2. The number of rotatable bonds is 3. The maximum Gasteiger partial charge on any atom is 0.338 e. The highest BCUT2D eigenvalue weighted by Gasteiger charge is 2.64. The Balaban J connectivity index is 1.62. The van der Waals surface area contributed by atoms with E-state index in [2.05, 4.69) is 6.07 Å². The number of hydrogen-bond donors (Lipinski definition) is 1. The Kier molecular flexibility index (Phi) is 5.07. The van der Waals surface area contributed by atoms with Crippen molar-refractivity contribution in [2.24, 2.45) is 5.73 Å². The Morgan fingerprint density at radius 1 is 1.08 bits per heavy atom. The quantitative estimate of drug-likeness (QED) is 0.526. The third-order valence-electron chi connectivity index (χ3n) is 6.98. The predicted molar refractivity (Wildman–Crippen MR) is 134 cm³/mol. The van der Waals surface area contributed by atoms with Gasteiger partial charge in [-0.05, 0) is 35.9 Å². The number of amides is 1. The van der Waals surface area contributed by atoms with Gasteiger partial charge >= 0.3 is 5.97 Å². The molecular weight excluding hydrogens is 495 g/mol. The third kappa shape index (κ3) is 3.04. The number of nitrogens with two attached hydrogens (primary N) is 1. The van der Waals surface area contributed by atoms with Crippen LogP contribution in [0.3, 0.4) is 0 Å². The maximum atomic E-state index is 14.5. The number of halogens is 2. The van der Waals surface area contributed by atoms with E-state index in [-0.39, 0.29) is 35.8 Å². The molecule has 3 aliphatic heterocycles. The van der Waals surface area contributed by atoms with Crippen LogP contribution in [-0.2, 0) is 26.3 Å². The average Bonchev–Trinajstić information content (AvgIpc) is 3.38. The first-order chi connectivity index (χ1) is 17.9. The molecule has 3 aromatic carbocycles. The summed E-state index contributed by atoms with van der Waals surface area (Å²) in [6.07, 6.45) is 0. The van der Waals surface area contributed by atoms with Gasteiger partial charge in [0.25, 0.3) is 0 Å². The normalized spacial score (nSPS) is 20.4. The molecule has 1 spiro atoms. The Labute approximate surface area is 216 Å². The number of carbonyl (C=O) groups is 2. The lowest BCUT2D eigenvalue weighted by Crippen LogP contribution is -2.50. The highest BCUT2D eigenvalue weighted by atomic mass is 35.5. The van der Waals surface area contributed by atoms with Gasteiger partial charge in [-0.15, -0.1) is 0 Å². The second-order valence-electron chi connectivity index (χ2n) is 8.84. The second kappa shape index (κ2) is 8.22. The molecule has 3 heterocycles. The smallest absolute Gasteiger partial charge is 0.338 e. The van der Waals surface area contributed by atoms with Crippen LogP contribution in [0.25, 0.3) is 0 Å². The van der Waals surface area contributed by atoms with Crippen molar-refractivity contribution in [1.29, 1.82) is 5.26 Å². The van der Waals surface area contributed by atoms with Crippen molar-refractivity contribution < 1.29 is 18.7 Å². The second-order valence-corrected chi connectivity index (χ2v) is 9.24. The summed E-state index contributed by atoms with van der Waals surface area (Å²) in [5.74, 6) is -1.85. The van der Waals surface area contributed by atoms with Crippen molar-refractivity contribution in [3.05, 3.63) is 117 Å². The van der Waals surface area contributed by atoms with Crippen molar-refractivity contribution >= 4 is 34.9 Å². The number of nitriles is 1. The highest BCUT2D eigenvalue weighted by Crippen LogP contribution is 2.56. The molecular formula is C28H18ClFN4O3. The summed E-state index contributed by atoms with van der Waals surface area (Å²) in [5, 5.41) is 10.9. The summed E-state index contributed by atoms with van der Waals surface area (Å²) < 4.78 is 19.6. The van der Waals surface area contributed by atoms with Crippen LogP contribution in [0.4, 0.5) is 15.8 Å². The predicted octanol–water partition coefficient (Wildman–Crippen LogP) is 4.29. The number of carbonyl (C=O) groups excluding carboxylic acids is 2. The van der Waals surface area contributed by atoms with Crippen molar-refractivity contribution in [3.63, 3.8) is 0 Å². The first kappa shape index (κ1) is 22.8. The number of ether oxygens (including phenoxy) is 1. The standard InChI is InChI=1S/C28H18ClFN4O3/c29-21-10-3-1-6-16(21)14-33-22-11-4-2-9-19(22)28(27(33)36)20(13-31)25(32)34(18-8-5-7-17(30)12-18)23-15-37-26(35)24(23)28/h1-12H,14-15,32H2/t28-/m0/s1. The molecule has 0 unspecified atom stereocenters. The zero-order valence-electron chi connectivity index (χ0n) is 19.2. The zero-order chi connectivity index (χ0) is 25.9. The molecule has 1 atom stereocenters. The molecule has 0 radical (unpaired) electrons. The summed E-state index contributed by atoms with van der Waals surface area (Å²) >= 11 is 6.41. The van der Waals surface area contributed by atoms with E-state index in [4.69, 9.17) is 22.1 Å². The van der Waals surface area contributed by atoms with Gasteiger partial charge in [-0.1, -0.05) is 54.1 Å². The number of benzene rings is 3. The van der Waals surface area contributed by atoms with Crippen molar-refractivity contribution in [3.8, 4) is 6.07 Å². The summed E-state index contributed by atoms with van der Waals surface area (Å²) in [4.78, 5) is 30.7. The molecule has 2 N–H and O–H groups in total. The van der Waals surface area contributed by atoms with E-state index < -0.39 is 23.1 Å². The minimum Gasteiger partial charge on any atom is -0.456 e. The summed E-state index contributed by atoms with van der Waals surface area (Å²) in [6.45, 7) is -0.0764. The zero-order valence-corrected chi connectivity index (χ0v) is 20.0. The van der Waals surface area contributed by atoms with Gasteiger partial charge < -0.3 is 15.4 Å². The summed E-state index contributed by atoms with van der Waals surface area (Å²) in [7, 11) is 0. The minimum atomic E-state index is -1.82.